The standard InChI is InChI=1S/C11H13NO4/c1-8-9(12(14)15)5-4-6-10(8)16-11(2,3)7-13/h4-7H,1-3H3. The zero-order valence-electron chi connectivity index (χ0n) is 9.39. The van der Waals surface area contributed by atoms with E-state index in [1.165, 1.54) is 12.1 Å². The van der Waals surface area contributed by atoms with E-state index < -0.39 is 10.5 Å². The van der Waals surface area contributed by atoms with E-state index >= 15 is 0 Å². The summed E-state index contributed by atoms with van der Waals surface area (Å²) in [6.07, 6.45) is 0.658. The Morgan fingerprint density at radius 2 is 2.06 bits per heavy atom. The number of carbonyl (C=O) groups excluding carboxylic acids is 1. The van der Waals surface area contributed by atoms with Gasteiger partial charge in [-0.3, -0.25) is 14.9 Å². The summed E-state index contributed by atoms with van der Waals surface area (Å²) in [6, 6.07) is 4.53. The molecule has 1 aromatic carbocycles. The van der Waals surface area contributed by atoms with Crippen molar-refractivity contribution in [1.29, 1.82) is 0 Å². The Labute approximate surface area is 93.2 Å². The molecule has 0 aliphatic carbocycles. The van der Waals surface area contributed by atoms with Gasteiger partial charge in [0.15, 0.2) is 11.9 Å². The van der Waals surface area contributed by atoms with Crippen molar-refractivity contribution in [2.45, 2.75) is 26.4 Å². The van der Waals surface area contributed by atoms with Crippen molar-refractivity contribution in [2.75, 3.05) is 0 Å². The summed E-state index contributed by atoms with van der Waals surface area (Å²) in [5.41, 5.74) is -0.582. The first-order chi connectivity index (χ1) is 7.37. The average molecular weight is 223 g/mol. The molecule has 0 N–H and O–H groups in total. The molecule has 0 aliphatic rings. The molecule has 0 aliphatic heterocycles. The maximum Gasteiger partial charge on any atom is 0.276 e. The first-order valence-corrected chi connectivity index (χ1v) is 4.77. The highest BCUT2D eigenvalue weighted by Crippen LogP contribution is 2.29. The third-order valence-corrected chi connectivity index (χ3v) is 2.11. The Hall–Kier alpha value is -1.91. The van der Waals surface area contributed by atoms with Gasteiger partial charge in [-0.15, -0.1) is 0 Å². The summed E-state index contributed by atoms with van der Waals surface area (Å²) in [7, 11) is 0. The highest BCUT2D eigenvalue weighted by molar-refractivity contribution is 5.62. The molecular formula is C11H13NO4. The molecule has 1 aromatic rings. The van der Waals surface area contributed by atoms with Crippen molar-refractivity contribution in [3.8, 4) is 5.75 Å². The summed E-state index contributed by atoms with van der Waals surface area (Å²) in [5, 5.41) is 10.7. The van der Waals surface area contributed by atoms with Crippen LogP contribution in [0.1, 0.15) is 19.4 Å². The number of hydrogen-bond acceptors (Lipinski definition) is 4. The minimum absolute atomic E-state index is 0.0146. The van der Waals surface area contributed by atoms with Gasteiger partial charge in [0.1, 0.15) is 5.75 Å². The number of nitrogens with zero attached hydrogens (tertiary/aromatic N) is 1. The van der Waals surface area contributed by atoms with E-state index in [0.29, 0.717) is 17.6 Å². The van der Waals surface area contributed by atoms with Crippen molar-refractivity contribution < 1.29 is 14.5 Å². The molecule has 0 saturated heterocycles. The Morgan fingerprint density at radius 1 is 1.44 bits per heavy atom. The van der Waals surface area contributed by atoms with Gasteiger partial charge in [-0.05, 0) is 26.8 Å². The summed E-state index contributed by atoms with van der Waals surface area (Å²) in [5.74, 6) is 0.353. The molecule has 0 heterocycles. The van der Waals surface area contributed by atoms with Crippen LogP contribution in [-0.4, -0.2) is 16.8 Å². The van der Waals surface area contributed by atoms with Crippen molar-refractivity contribution in [2.24, 2.45) is 0 Å². The Balaban J connectivity index is 3.11. The van der Waals surface area contributed by atoms with Gasteiger partial charge in [-0.25, -0.2) is 0 Å². The van der Waals surface area contributed by atoms with Crippen LogP contribution in [0.15, 0.2) is 18.2 Å². The molecule has 5 nitrogen and oxygen atoms in total. The number of ether oxygens (including phenoxy) is 1. The van der Waals surface area contributed by atoms with Crippen LogP contribution in [0.3, 0.4) is 0 Å². The molecular weight excluding hydrogens is 210 g/mol. The van der Waals surface area contributed by atoms with Gasteiger partial charge in [-0.2, -0.15) is 0 Å². The number of benzene rings is 1. The number of nitro benzene ring substituents is 1. The quantitative estimate of drug-likeness (QED) is 0.446. The molecule has 1 rings (SSSR count). The van der Waals surface area contributed by atoms with Crippen molar-refractivity contribution in [1.82, 2.24) is 0 Å². The number of hydrogen-bond donors (Lipinski definition) is 0. The van der Waals surface area contributed by atoms with Crippen molar-refractivity contribution >= 4 is 12.0 Å². The first kappa shape index (κ1) is 12.2. The van der Waals surface area contributed by atoms with Crippen LogP contribution in [-0.2, 0) is 4.79 Å². The fourth-order valence-corrected chi connectivity index (χ4v) is 1.22. The molecule has 0 saturated carbocycles. The zero-order valence-corrected chi connectivity index (χ0v) is 9.39. The molecule has 5 heteroatoms. The second-order valence-corrected chi connectivity index (χ2v) is 3.98. The van der Waals surface area contributed by atoms with Gasteiger partial charge in [0.25, 0.3) is 5.69 Å². The monoisotopic (exact) mass is 223 g/mol. The molecule has 16 heavy (non-hydrogen) atoms. The third-order valence-electron chi connectivity index (χ3n) is 2.11. The minimum Gasteiger partial charge on any atom is -0.480 e. The van der Waals surface area contributed by atoms with Crippen LogP contribution in [0, 0.1) is 17.0 Å². The summed E-state index contributed by atoms with van der Waals surface area (Å²) in [6.45, 7) is 4.78. The molecule has 0 amide bonds. The van der Waals surface area contributed by atoms with Crippen LogP contribution in [0.5, 0.6) is 5.75 Å². The Bertz CT molecular complexity index is 426. The van der Waals surface area contributed by atoms with Crippen LogP contribution >= 0.6 is 0 Å². The summed E-state index contributed by atoms with van der Waals surface area (Å²) in [4.78, 5) is 20.9. The van der Waals surface area contributed by atoms with E-state index in [2.05, 4.69) is 0 Å². The lowest BCUT2D eigenvalue weighted by Crippen LogP contribution is -2.30. The van der Waals surface area contributed by atoms with Gasteiger partial charge in [-0.1, -0.05) is 6.07 Å². The number of carbonyl (C=O) groups is 1. The van der Waals surface area contributed by atoms with E-state index in [4.69, 9.17) is 4.74 Å². The van der Waals surface area contributed by atoms with Crippen LogP contribution in [0.4, 0.5) is 5.69 Å². The minimum atomic E-state index is -0.986. The molecule has 0 bridgehead atoms. The highest BCUT2D eigenvalue weighted by Gasteiger charge is 2.22. The summed E-state index contributed by atoms with van der Waals surface area (Å²) >= 11 is 0. The van der Waals surface area contributed by atoms with Crippen molar-refractivity contribution in [3.63, 3.8) is 0 Å². The molecule has 0 fully saturated rings. The predicted octanol–water partition coefficient (Wildman–Crippen LogP) is 2.26. The number of aldehydes is 1. The van der Waals surface area contributed by atoms with Crippen LogP contribution in [0.2, 0.25) is 0 Å². The summed E-state index contributed by atoms with van der Waals surface area (Å²) < 4.78 is 5.40. The molecule has 0 radical (unpaired) electrons. The second-order valence-electron chi connectivity index (χ2n) is 3.98. The van der Waals surface area contributed by atoms with Gasteiger partial charge in [0, 0.05) is 6.07 Å². The van der Waals surface area contributed by atoms with Crippen LogP contribution < -0.4 is 4.74 Å². The molecule has 0 aromatic heterocycles. The lowest BCUT2D eigenvalue weighted by molar-refractivity contribution is -0.385. The Kier molecular flexibility index (Phi) is 3.27. The third kappa shape index (κ3) is 2.56. The molecule has 0 spiro atoms. The number of rotatable bonds is 4. The van der Waals surface area contributed by atoms with E-state index in [0.717, 1.165) is 0 Å². The number of nitro groups is 1. The smallest absolute Gasteiger partial charge is 0.276 e. The maximum absolute atomic E-state index is 10.7. The molecule has 86 valence electrons. The van der Waals surface area contributed by atoms with E-state index in [1.54, 1.807) is 26.8 Å². The molecule has 0 unspecified atom stereocenters. The topological polar surface area (TPSA) is 69.4 Å². The van der Waals surface area contributed by atoms with Gasteiger partial charge in [0.05, 0.1) is 10.5 Å². The largest absolute Gasteiger partial charge is 0.480 e. The van der Waals surface area contributed by atoms with Crippen LogP contribution in [0.25, 0.3) is 0 Å². The first-order valence-electron chi connectivity index (χ1n) is 4.77. The average Bonchev–Trinajstić information content (AvgIpc) is 2.20. The zero-order chi connectivity index (χ0) is 12.3. The van der Waals surface area contributed by atoms with E-state index in [1.807, 2.05) is 0 Å². The normalized spacial score (nSPS) is 10.9. The van der Waals surface area contributed by atoms with Crippen molar-refractivity contribution in [3.05, 3.63) is 33.9 Å². The van der Waals surface area contributed by atoms with Gasteiger partial charge in [0.2, 0.25) is 0 Å². The fourth-order valence-electron chi connectivity index (χ4n) is 1.22. The van der Waals surface area contributed by atoms with E-state index in [9.17, 15) is 14.9 Å². The van der Waals surface area contributed by atoms with Gasteiger partial charge < -0.3 is 4.74 Å². The lowest BCUT2D eigenvalue weighted by atomic mass is 10.1. The molecule has 0 atom stereocenters. The predicted molar refractivity (Wildman–Crippen MR) is 58.6 cm³/mol. The fraction of sp³-hybridized carbons (Fsp3) is 0.364. The lowest BCUT2D eigenvalue weighted by Gasteiger charge is -2.20. The SMILES string of the molecule is Cc1c(OC(C)(C)C=O)cccc1[N+](=O)[O-]. The van der Waals surface area contributed by atoms with Gasteiger partial charge >= 0.3 is 0 Å². The Morgan fingerprint density at radius 3 is 2.56 bits per heavy atom. The van der Waals surface area contributed by atoms with E-state index in [-0.39, 0.29) is 5.69 Å². The highest BCUT2D eigenvalue weighted by atomic mass is 16.6. The maximum atomic E-state index is 10.7. The second kappa shape index (κ2) is 4.30.